The summed E-state index contributed by atoms with van der Waals surface area (Å²) >= 11 is 1.54. The number of alkyl halides is 3. The van der Waals surface area contributed by atoms with E-state index in [0.29, 0.717) is 40.6 Å². The number of aliphatic hydroxyl groups is 1. The van der Waals surface area contributed by atoms with E-state index in [-0.39, 0.29) is 35.6 Å². The second-order valence-electron chi connectivity index (χ2n) is 18.2. The Kier molecular flexibility index (Phi) is 10.7. The molecule has 18 heteroatoms. The van der Waals surface area contributed by atoms with Crippen molar-refractivity contribution in [1.29, 1.82) is 0 Å². The first-order chi connectivity index (χ1) is 29.4. The van der Waals surface area contributed by atoms with E-state index in [1.165, 1.54) is 24.2 Å². The number of halogens is 3. The Morgan fingerprint density at radius 2 is 1.73 bits per heavy atom. The highest BCUT2D eigenvalue weighted by atomic mass is 32.1. The van der Waals surface area contributed by atoms with Crippen molar-refractivity contribution in [3.63, 3.8) is 0 Å². The number of carbonyl (C=O) groups excluding carboxylic acids is 5. The Hall–Kier alpha value is -5.33. The van der Waals surface area contributed by atoms with Crippen LogP contribution in [0, 0.1) is 17.3 Å². The molecule has 1 atom stereocenters. The molecule has 3 aliphatic heterocycles. The molecule has 2 saturated carbocycles. The number of hydrogen-bond acceptors (Lipinski definition) is 12. The minimum Gasteiger partial charge on any atom is -0.386 e. The number of piperidine rings is 1. The maximum atomic E-state index is 13.4. The Balaban J connectivity index is 0.735. The molecule has 1 spiro atoms. The number of amides is 5. The van der Waals surface area contributed by atoms with Crippen LogP contribution in [-0.4, -0.2) is 91.6 Å². The van der Waals surface area contributed by atoms with Gasteiger partial charge in [0, 0.05) is 61.7 Å². The van der Waals surface area contributed by atoms with Crippen LogP contribution in [0.3, 0.4) is 0 Å². The molecule has 2 aliphatic carbocycles. The lowest BCUT2D eigenvalue weighted by Crippen LogP contribution is -2.63. The molecule has 14 nitrogen and oxygen atoms in total. The van der Waals surface area contributed by atoms with Gasteiger partial charge in [0.05, 0.1) is 32.0 Å². The summed E-state index contributed by atoms with van der Waals surface area (Å²) in [5.41, 5.74) is 1.05. The average molecular weight is 873 g/mol. The van der Waals surface area contributed by atoms with Crippen molar-refractivity contribution in [2.24, 2.45) is 17.3 Å². The third kappa shape index (κ3) is 8.07. The van der Waals surface area contributed by atoms with E-state index < -0.39 is 58.9 Å². The Morgan fingerprint density at radius 1 is 0.968 bits per heavy atom. The van der Waals surface area contributed by atoms with Gasteiger partial charge < -0.3 is 20.6 Å². The number of fused-ring (bicyclic) bond motifs is 2. The van der Waals surface area contributed by atoms with Crippen LogP contribution in [0.15, 0.2) is 42.6 Å². The van der Waals surface area contributed by atoms with Crippen LogP contribution in [0.5, 0.6) is 0 Å². The van der Waals surface area contributed by atoms with Gasteiger partial charge in [-0.15, -0.1) is 11.3 Å². The summed E-state index contributed by atoms with van der Waals surface area (Å²) in [5, 5.41) is 20.3. The smallest absolute Gasteiger partial charge is 0.386 e. The summed E-state index contributed by atoms with van der Waals surface area (Å²) in [7, 11) is 0. The van der Waals surface area contributed by atoms with Gasteiger partial charge in [-0.25, -0.2) is 15.0 Å². The first-order valence-electron chi connectivity index (χ1n) is 21.1. The van der Waals surface area contributed by atoms with E-state index >= 15 is 0 Å². The zero-order valence-corrected chi connectivity index (χ0v) is 35.1. The highest BCUT2D eigenvalue weighted by molar-refractivity contribution is 7.18. The SMILES string of the molecule is CC(C)(O)c1cc2nc(C3CCC(CN4CC5(CC(CCNc6cccc7c6C(=O)N(C6CCC(=O)NC6=O)C7=O)C5)C4)CC3)sc2cc1NC(=O)c1ccnc(C(F)(F)F)n1. The van der Waals surface area contributed by atoms with E-state index in [4.69, 9.17) is 4.98 Å². The first kappa shape index (κ1) is 42.0. The second-order valence-corrected chi connectivity index (χ2v) is 19.3. The molecular formula is C44H47F3N8O6S. The Labute approximate surface area is 359 Å². The van der Waals surface area contributed by atoms with Gasteiger partial charge in [-0.1, -0.05) is 6.07 Å². The van der Waals surface area contributed by atoms with Gasteiger partial charge in [-0.05, 0) is 113 Å². The highest BCUT2D eigenvalue weighted by Crippen LogP contribution is 2.53. The number of carbonyl (C=O) groups is 5. The molecule has 2 saturated heterocycles. The van der Waals surface area contributed by atoms with Crippen molar-refractivity contribution < 1.29 is 42.3 Å². The monoisotopic (exact) mass is 872 g/mol. The number of rotatable bonds is 11. The van der Waals surface area contributed by atoms with Gasteiger partial charge in [0.2, 0.25) is 17.6 Å². The van der Waals surface area contributed by atoms with Crippen molar-refractivity contribution in [2.45, 2.75) is 95.4 Å². The van der Waals surface area contributed by atoms with Crippen LogP contribution in [-0.2, 0) is 21.4 Å². The lowest BCUT2D eigenvalue weighted by atomic mass is 9.57. The molecule has 0 bridgehead atoms. The topological polar surface area (TPSA) is 187 Å². The summed E-state index contributed by atoms with van der Waals surface area (Å²) in [6.45, 7) is 7.10. The molecule has 1 unspecified atom stereocenters. The zero-order chi connectivity index (χ0) is 43.7. The average Bonchev–Trinajstić information content (AvgIpc) is 3.73. The molecule has 5 heterocycles. The number of aromatic nitrogens is 3. The van der Waals surface area contributed by atoms with Crippen molar-refractivity contribution in [1.82, 2.24) is 30.1 Å². The molecule has 326 valence electrons. The Bertz CT molecular complexity index is 2480. The number of anilines is 2. The largest absolute Gasteiger partial charge is 0.451 e. The van der Waals surface area contributed by atoms with Gasteiger partial charge in [0.15, 0.2) is 0 Å². The maximum absolute atomic E-state index is 13.4. The summed E-state index contributed by atoms with van der Waals surface area (Å²) in [6, 6.07) is 8.70. The van der Waals surface area contributed by atoms with Crippen LogP contribution >= 0.6 is 11.3 Å². The fourth-order valence-corrected chi connectivity index (χ4v) is 11.4. The number of imide groups is 2. The van der Waals surface area contributed by atoms with E-state index in [9.17, 15) is 42.3 Å². The summed E-state index contributed by atoms with van der Waals surface area (Å²) in [4.78, 5) is 78.9. The summed E-state index contributed by atoms with van der Waals surface area (Å²) in [6.07, 6.45) is 3.77. The summed E-state index contributed by atoms with van der Waals surface area (Å²) in [5.74, 6) is -2.83. The zero-order valence-electron chi connectivity index (χ0n) is 34.3. The molecule has 5 amide bonds. The van der Waals surface area contributed by atoms with Crippen molar-refractivity contribution in [3.05, 3.63) is 75.8 Å². The van der Waals surface area contributed by atoms with Crippen molar-refractivity contribution >= 4 is 62.5 Å². The number of likely N-dealkylation sites (tertiary alicyclic amines) is 1. The molecule has 2 aromatic heterocycles. The number of benzene rings is 2. The van der Waals surface area contributed by atoms with E-state index in [1.807, 2.05) is 0 Å². The fraction of sp³-hybridized carbons (Fsp3) is 0.500. The van der Waals surface area contributed by atoms with Gasteiger partial charge in [0.1, 0.15) is 11.7 Å². The Morgan fingerprint density at radius 3 is 2.44 bits per heavy atom. The molecule has 9 rings (SSSR count). The van der Waals surface area contributed by atoms with Crippen LogP contribution in [0.1, 0.15) is 125 Å². The van der Waals surface area contributed by atoms with Crippen molar-refractivity contribution in [2.75, 3.05) is 36.8 Å². The quantitative estimate of drug-likeness (QED) is 0.121. The molecule has 4 N–H and O–H groups in total. The molecular weight excluding hydrogens is 826 g/mol. The first-order valence-corrected chi connectivity index (χ1v) is 22.0. The normalized spacial score (nSPS) is 23.0. The highest BCUT2D eigenvalue weighted by Gasteiger charge is 2.52. The number of hydrogen-bond donors (Lipinski definition) is 4. The van der Waals surface area contributed by atoms with Crippen LogP contribution in [0.4, 0.5) is 24.5 Å². The van der Waals surface area contributed by atoms with E-state index in [0.717, 1.165) is 78.6 Å². The lowest BCUT2D eigenvalue weighted by Gasteiger charge is -2.60. The fourth-order valence-electron chi connectivity index (χ4n) is 10.3. The van der Waals surface area contributed by atoms with Crippen molar-refractivity contribution in [3.8, 4) is 0 Å². The summed E-state index contributed by atoms with van der Waals surface area (Å²) < 4.78 is 40.4. The van der Waals surface area contributed by atoms with Gasteiger partial charge in [0.25, 0.3) is 17.7 Å². The maximum Gasteiger partial charge on any atom is 0.451 e. The third-order valence-corrected chi connectivity index (χ3v) is 14.4. The number of nitrogens with zero attached hydrogens (tertiary/aromatic N) is 5. The minimum absolute atomic E-state index is 0.0749. The molecule has 0 radical (unpaired) electrons. The standard InChI is InChI=1S/C44H47F3N8O6S/c1-42(2,61)27-16-31-33(17-30(27)50-36(57)29-13-15-49-41(52-29)44(45,46)47)62-38(51-31)25-8-6-23(7-9-25)20-54-21-43(22-54)18-24(19-43)12-14-48-28-5-3-4-26-35(28)40(60)55(39(26)59)32-10-11-34(56)53-37(32)58/h3-5,13,15-17,23-25,32,48,61H,6-12,14,18-22H2,1-2H3,(H,50,57)(H,53,56,58). The van der Waals surface area contributed by atoms with E-state index in [2.05, 4.69) is 30.8 Å². The number of thiazole rings is 1. The molecule has 4 fully saturated rings. The van der Waals surface area contributed by atoms with Gasteiger partial charge in [-0.3, -0.25) is 34.2 Å². The van der Waals surface area contributed by atoms with Crippen LogP contribution in [0.2, 0.25) is 0 Å². The van der Waals surface area contributed by atoms with Gasteiger partial charge in [-0.2, -0.15) is 13.2 Å². The third-order valence-electron chi connectivity index (χ3n) is 13.2. The predicted molar refractivity (Wildman–Crippen MR) is 222 cm³/mol. The van der Waals surface area contributed by atoms with Crippen LogP contribution < -0.4 is 16.0 Å². The van der Waals surface area contributed by atoms with E-state index in [1.54, 1.807) is 44.2 Å². The van der Waals surface area contributed by atoms with Crippen LogP contribution in [0.25, 0.3) is 10.2 Å². The molecule has 4 aromatic rings. The molecule has 2 aromatic carbocycles. The predicted octanol–water partition coefficient (Wildman–Crippen LogP) is 6.47. The molecule has 5 aliphatic rings. The second kappa shape index (κ2) is 15.8. The minimum atomic E-state index is -4.80. The van der Waals surface area contributed by atoms with Gasteiger partial charge >= 0.3 is 6.18 Å². The lowest BCUT2D eigenvalue weighted by molar-refractivity contribution is -0.145. The molecule has 62 heavy (non-hydrogen) atoms. The number of nitrogens with one attached hydrogen (secondary N) is 3.